The number of nitrogens with one attached hydrogen (secondary N) is 2. The minimum Gasteiger partial charge on any atom is -0.384 e. The molecule has 0 spiro atoms. The number of halogens is 3. The molecule has 9 heteroatoms. The van der Waals surface area contributed by atoms with Crippen LogP contribution in [0.3, 0.4) is 0 Å². The number of hydrogen-bond acceptors (Lipinski definition) is 5. The normalized spacial score (nSPS) is 13.0. The Hall–Kier alpha value is -1.87. The molecule has 0 aliphatic rings. The number of methoxy groups -OCH3 is 2. The standard InChI is InChI=1S/C12H17F3N4O2/c1-20-6-7(21-2)5-18-11-8(10(16)17)3-4-9(19-11)12(13,14)15/h3-4,7H,5-6H2,1-2H3,(H3,16,17)(H,18,19). The van der Waals surface area contributed by atoms with Gasteiger partial charge in [-0.15, -0.1) is 0 Å². The number of nitrogen functional groups attached to an aromatic ring is 1. The summed E-state index contributed by atoms with van der Waals surface area (Å²) >= 11 is 0. The molecule has 6 nitrogen and oxygen atoms in total. The first-order chi connectivity index (χ1) is 9.79. The first kappa shape index (κ1) is 17.2. The summed E-state index contributed by atoms with van der Waals surface area (Å²) in [5.74, 6) is -0.491. The molecule has 1 rings (SSSR count). The van der Waals surface area contributed by atoms with Gasteiger partial charge < -0.3 is 20.5 Å². The highest BCUT2D eigenvalue weighted by Crippen LogP contribution is 2.29. The van der Waals surface area contributed by atoms with E-state index in [2.05, 4.69) is 10.3 Å². The highest BCUT2D eigenvalue weighted by atomic mass is 19.4. The predicted molar refractivity (Wildman–Crippen MR) is 71.4 cm³/mol. The first-order valence-corrected chi connectivity index (χ1v) is 5.97. The molecule has 0 aromatic carbocycles. The molecule has 0 aliphatic heterocycles. The van der Waals surface area contributed by atoms with E-state index in [-0.39, 0.29) is 36.5 Å². The van der Waals surface area contributed by atoms with Crippen molar-refractivity contribution in [2.24, 2.45) is 5.73 Å². The van der Waals surface area contributed by atoms with Gasteiger partial charge in [-0.25, -0.2) is 4.98 Å². The van der Waals surface area contributed by atoms with Gasteiger partial charge in [-0.2, -0.15) is 13.2 Å². The van der Waals surface area contributed by atoms with E-state index in [0.29, 0.717) is 0 Å². The lowest BCUT2D eigenvalue weighted by Gasteiger charge is -2.18. The monoisotopic (exact) mass is 306 g/mol. The summed E-state index contributed by atoms with van der Waals surface area (Å²) in [6, 6.07) is 1.89. The smallest absolute Gasteiger partial charge is 0.384 e. The molecule has 0 radical (unpaired) electrons. The number of aromatic nitrogens is 1. The van der Waals surface area contributed by atoms with Crippen LogP contribution in [0.1, 0.15) is 11.3 Å². The molecule has 0 saturated carbocycles. The Morgan fingerprint density at radius 1 is 1.43 bits per heavy atom. The maximum Gasteiger partial charge on any atom is 0.433 e. The molecule has 1 heterocycles. The molecule has 21 heavy (non-hydrogen) atoms. The van der Waals surface area contributed by atoms with Gasteiger partial charge >= 0.3 is 6.18 Å². The average Bonchev–Trinajstić information content (AvgIpc) is 2.41. The third-order valence-electron chi connectivity index (χ3n) is 2.66. The van der Waals surface area contributed by atoms with E-state index in [1.807, 2.05) is 0 Å². The summed E-state index contributed by atoms with van der Waals surface area (Å²) in [5, 5.41) is 10.1. The van der Waals surface area contributed by atoms with Crippen molar-refractivity contribution >= 4 is 11.7 Å². The second kappa shape index (κ2) is 7.23. The Balaban J connectivity index is 2.98. The number of anilines is 1. The van der Waals surface area contributed by atoms with Gasteiger partial charge in [0.05, 0.1) is 18.3 Å². The van der Waals surface area contributed by atoms with Crippen LogP contribution < -0.4 is 11.1 Å². The first-order valence-electron chi connectivity index (χ1n) is 5.97. The van der Waals surface area contributed by atoms with Crippen LogP contribution in [-0.4, -0.2) is 44.3 Å². The highest BCUT2D eigenvalue weighted by Gasteiger charge is 2.33. The van der Waals surface area contributed by atoms with Gasteiger partial charge in [-0.3, -0.25) is 5.41 Å². The van der Waals surface area contributed by atoms with E-state index in [9.17, 15) is 13.2 Å². The van der Waals surface area contributed by atoms with E-state index in [0.717, 1.165) is 12.1 Å². The molecule has 1 aromatic rings. The van der Waals surface area contributed by atoms with E-state index >= 15 is 0 Å². The SMILES string of the molecule is COCC(CNc1nc(C(F)(F)F)ccc1C(=N)N)OC. The number of nitrogens with zero attached hydrogens (tertiary/aromatic N) is 1. The number of rotatable bonds is 7. The second-order valence-corrected chi connectivity index (χ2v) is 4.20. The van der Waals surface area contributed by atoms with Gasteiger partial charge in [0.1, 0.15) is 17.3 Å². The molecule has 118 valence electrons. The zero-order valence-corrected chi connectivity index (χ0v) is 11.6. The third-order valence-corrected chi connectivity index (χ3v) is 2.66. The molecular weight excluding hydrogens is 289 g/mol. The average molecular weight is 306 g/mol. The minimum atomic E-state index is -4.57. The van der Waals surface area contributed by atoms with Crippen LogP contribution in [0, 0.1) is 5.41 Å². The minimum absolute atomic E-state index is 0.0928. The van der Waals surface area contributed by atoms with Crippen molar-refractivity contribution in [2.75, 3.05) is 32.7 Å². The van der Waals surface area contributed by atoms with Crippen LogP contribution in [0.2, 0.25) is 0 Å². The Bertz CT molecular complexity index is 494. The third kappa shape index (κ3) is 4.87. The van der Waals surface area contributed by atoms with Crippen molar-refractivity contribution in [2.45, 2.75) is 12.3 Å². The van der Waals surface area contributed by atoms with Crippen LogP contribution in [0.5, 0.6) is 0 Å². The molecule has 4 N–H and O–H groups in total. The number of pyridine rings is 1. The van der Waals surface area contributed by atoms with Gasteiger partial charge in [0.15, 0.2) is 0 Å². The maximum absolute atomic E-state index is 12.7. The lowest BCUT2D eigenvalue weighted by atomic mass is 10.2. The lowest BCUT2D eigenvalue weighted by molar-refractivity contribution is -0.141. The summed E-state index contributed by atoms with van der Waals surface area (Å²) in [6.45, 7) is 0.427. The van der Waals surface area contributed by atoms with Gasteiger partial charge in [-0.1, -0.05) is 0 Å². The van der Waals surface area contributed by atoms with E-state index in [1.54, 1.807) is 0 Å². The van der Waals surface area contributed by atoms with E-state index < -0.39 is 11.9 Å². The van der Waals surface area contributed by atoms with E-state index in [1.165, 1.54) is 14.2 Å². The van der Waals surface area contributed by atoms with Gasteiger partial charge in [0.25, 0.3) is 0 Å². The molecule has 1 aromatic heterocycles. The molecule has 0 aliphatic carbocycles. The van der Waals surface area contributed by atoms with Crippen molar-refractivity contribution in [1.29, 1.82) is 5.41 Å². The second-order valence-electron chi connectivity index (χ2n) is 4.20. The fourth-order valence-corrected chi connectivity index (χ4v) is 1.58. The fourth-order valence-electron chi connectivity index (χ4n) is 1.58. The largest absolute Gasteiger partial charge is 0.433 e. The van der Waals surface area contributed by atoms with Crippen LogP contribution in [0.4, 0.5) is 19.0 Å². The molecule has 1 atom stereocenters. The number of amidine groups is 1. The van der Waals surface area contributed by atoms with Crippen LogP contribution in [-0.2, 0) is 15.7 Å². The molecular formula is C12H17F3N4O2. The van der Waals surface area contributed by atoms with E-state index in [4.69, 9.17) is 20.6 Å². The van der Waals surface area contributed by atoms with Gasteiger partial charge in [0.2, 0.25) is 0 Å². The number of alkyl halides is 3. The molecule has 0 fully saturated rings. The summed E-state index contributed by atoms with van der Waals surface area (Å²) in [6.07, 6.45) is -4.94. The molecule has 0 amide bonds. The Labute approximate surface area is 120 Å². The molecule has 0 saturated heterocycles. The summed E-state index contributed by atoms with van der Waals surface area (Å²) in [4.78, 5) is 3.48. The number of ether oxygens (including phenoxy) is 2. The van der Waals surface area contributed by atoms with Gasteiger partial charge in [0, 0.05) is 20.8 Å². The fraction of sp³-hybridized carbons (Fsp3) is 0.500. The zero-order valence-electron chi connectivity index (χ0n) is 11.6. The van der Waals surface area contributed by atoms with Crippen molar-refractivity contribution in [3.8, 4) is 0 Å². The highest BCUT2D eigenvalue weighted by molar-refractivity contribution is 5.99. The van der Waals surface area contributed by atoms with Crippen molar-refractivity contribution in [1.82, 2.24) is 4.98 Å². The maximum atomic E-state index is 12.7. The summed E-state index contributed by atoms with van der Waals surface area (Å²) in [7, 11) is 2.94. The number of nitrogens with two attached hydrogens (primary N) is 1. The van der Waals surface area contributed by atoms with Crippen LogP contribution in [0.15, 0.2) is 12.1 Å². The predicted octanol–water partition coefficient (Wildman–Crippen LogP) is 1.46. The van der Waals surface area contributed by atoms with Crippen LogP contribution >= 0.6 is 0 Å². The van der Waals surface area contributed by atoms with Crippen molar-refractivity contribution in [3.63, 3.8) is 0 Å². The van der Waals surface area contributed by atoms with Crippen LogP contribution in [0.25, 0.3) is 0 Å². The quantitative estimate of drug-likeness (QED) is 0.524. The van der Waals surface area contributed by atoms with Crippen molar-refractivity contribution in [3.05, 3.63) is 23.4 Å². The Kier molecular flexibility index (Phi) is 5.91. The number of hydrogen-bond donors (Lipinski definition) is 3. The van der Waals surface area contributed by atoms with Gasteiger partial charge in [-0.05, 0) is 12.1 Å². The Morgan fingerprint density at radius 2 is 2.10 bits per heavy atom. The lowest BCUT2D eigenvalue weighted by Crippen LogP contribution is -2.28. The zero-order chi connectivity index (χ0) is 16.0. The topological polar surface area (TPSA) is 93.2 Å². The molecule has 1 unspecified atom stereocenters. The summed E-state index contributed by atoms with van der Waals surface area (Å²) < 4.78 is 48.0. The summed E-state index contributed by atoms with van der Waals surface area (Å²) in [5.41, 5.74) is 4.37. The van der Waals surface area contributed by atoms with Crippen molar-refractivity contribution < 1.29 is 22.6 Å². The molecule has 0 bridgehead atoms. The Morgan fingerprint density at radius 3 is 2.57 bits per heavy atom.